The molecular formula is C35H42O6S. The van der Waals surface area contributed by atoms with Crippen LogP contribution in [0.5, 0.6) is 23.0 Å². The Bertz CT molecular complexity index is 1570. The van der Waals surface area contributed by atoms with E-state index >= 15 is 0 Å². The van der Waals surface area contributed by atoms with Gasteiger partial charge in [0.25, 0.3) is 0 Å². The molecule has 0 heterocycles. The lowest BCUT2D eigenvalue weighted by Crippen LogP contribution is -2.19. The summed E-state index contributed by atoms with van der Waals surface area (Å²) in [4.78, 5) is 0.277. The Morgan fingerprint density at radius 2 is 0.619 bits per heavy atom. The lowest BCUT2D eigenvalue weighted by atomic mass is 9.76. The van der Waals surface area contributed by atoms with Crippen molar-refractivity contribution in [3.05, 3.63) is 104 Å². The van der Waals surface area contributed by atoms with Crippen LogP contribution in [0.15, 0.2) is 58.3 Å². The predicted octanol–water partition coefficient (Wildman–Crippen LogP) is 7.82. The molecule has 4 aromatic rings. The Labute approximate surface area is 249 Å². The van der Waals surface area contributed by atoms with E-state index in [-0.39, 0.29) is 26.7 Å². The van der Waals surface area contributed by atoms with Gasteiger partial charge in [-0.3, -0.25) is 0 Å². The standard InChI is InChI=1S/C19H24O2.C16H18O4S/c1-11-7-15(8-12(2)17(11)20)19(5,6)16-9-13(3)18(21)14(4)10-16;1-9-5-13(6-10(2)15(9)17)21(19,20)14-7-11(3)16(18)12(4)8-14/h7-10,20-21H,1-6H3;5-8,17-18H,1-4H3. The summed E-state index contributed by atoms with van der Waals surface area (Å²) in [6.45, 7) is 18.7. The van der Waals surface area contributed by atoms with Gasteiger partial charge in [-0.2, -0.15) is 0 Å². The summed E-state index contributed by atoms with van der Waals surface area (Å²) < 4.78 is 25.4. The monoisotopic (exact) mass is 590 g/mol. The zero-order chi connectivity index (χ0) is 31.9. The molecule has 0 spiro atoms. The molecule has 0 saturated heterocycles. The van der Waals surface area contributed by atoms with E-state index in [0.717, 1.165) is 22.3 Å². The van der Waals surface area contributed by atoms with Crippen LogP contribution in [0.2, 0.25) is 0 Å². The molecule has 0 bridgehead atoms. The van der Waals surface area contributed by atoms with E-state index < -0.39 is 9.84 Å². The second-order valence-corrected chi connectivity index (χ2v) is 13.8. The van der Waals surface area contributed by atoms with Crippen molar-refractivity contribution in [3.8, 4) is 23.0 Å². The maximum atomic E-state index is 12.7. The van der Waals surface area contributed by atoms with Gasteiger partial charge in [0.2, 0.25) is 9.84 Å². The Kier molecular flexibility index (Phi) is 9.09. The maximum Gasteiger partial charge on any atom is 0.206 e. The SMILES string of the molecule is Cc1cc(C(C)(C)c2cc(C)c(O)c(C)c2)cc(C)c1O.Cc1cc(S(=O)(=O)c2cc(C)c(O)c(C)c2)cc(C)c1O. The Hall–Kier alpha value is -3.97. The Morgan fingerprint density at radius 3 is 0.833 bits per heavy atom. The largest absolute Gasteiger partial charge is 0.507 e. The first-order valence-corrected chi connectivity index (χ1v) is 15.2. The van der Waals surface area contributed by atoms with Crippen molar-refractivity contribution < 1.29 is 28.8 Å². The molecule has 0 aliphatic rings. The summed E-state index contributed by atoms with van der Waals surface area (Å²) in [7, 11) is -3.68. The normalized spacial score (nSPS) is 11.7. The van der Waals surface area contributed by atoms with Crippen LogP contribution in [0.3, 0.4) is 0 Å². The number of benzene rings is 4. The highest BCUT2D eigenvalue weighted by molar-refractivity contribution is 7.91. The van der Waals surface area contributed by atoms with Crippen molar-refractivity contribution >= 4 is 9.84 Å². The van der Waals surface area contributed by atoms with Crippen molar-refractivity contribution in [1.29, 1.82) is 0 Å². The van der Waals surface area contributed by atoms with E-state index in [2.05, 4.69) is 13.8 Å². The quantitative estimate of drug-likeness (QED) is 0.193. The highest BCUT2D eigenvalue weighted by Crippen LogP contribution is 2.38. The van der Waals surface area contributed by atoms with Crippen molar-refractivity contribution in [2.75, 3.05) is 0 Å². The van der Waals surface area contributed by atoms with Crippen molar-refractivity contribution in [3.63, 3.8) is 0 Å². The fourth-order valence-electron chi connectivity index (χ4n) is 5.08. The molecule has 0 radical (unpaired) electrons. The van der Waals surface area contributed by atoms with Crippen molar-refractivity contribution in [1.82, 2.24) is 0 Å². The molecule has 0 aliphatic carbocycles. The second-order valence-electron chi connectivity index (χ2n) is 11.9. The van der Waals surface area contributed by atoms with Crippen LogP contribution in [-0.2, 0) is 15.3 Å². The minimum Gasteiger partial charge on any atom is -0.507 e. The molecule has 0 aromatic heterocycles. The molecule has 42 heavy (non-hydrogen) atoms. The molecule has 0 saturated carbocycles. The van der Waals surface area contributed by atoms with Gasteiger partial charge in [-0.05, 0) is 135 Å². The molecular weight excluding hydrogens is 548 g/mol. The first-order valence-electron chi connectivity index (χ1n) is 13.8. The number of phenolic OH excluding ortho intramolecular Hbond substituents is 4. The number of sulfone groups is 1. The van der Waals surface area contributed by atoms with Gasteiger partial charge in [0, 0.05) is 5.41 Å². The third kappa shape index (κ3) is 6.26. The number of aromatic hydroxyl groups is 4. The van der Waals surface area contributed by atoms with Gasteiger partial charge in [0.05, 0.1) is 9.79 Å². The first kappa shape index (κ1) is 32.5. The van der Waals surface area contributed by atoms with E-state index in [1.807, 2.05) is 52.0 Å². The minimum atomic E-state index is -3.68. The van der Waals surface area contributed by atoms with Crippen LogP contribution in [0.1, 0.15) is 69.5 Å². The van der Waals surface area contributed by atoms with E-state index in [9.17, 15) is 28.8 Å². The van der Waals surface area contributed by atoms with E-state index in [4.69, 9.17) is 0 Å². The summed E-state index contributed by atoms with van der Waals surface area (Å²) in [5.74, 6) is 0.944. The van der Waals surface area contributed by atoms with Crippen LogP contribution < -0.4 is 0 Å². The maximum absolute atomic E-state index is 12.7. The van der Waals surface area contributed by atoms with Crippen LogP contribution in [-0.4, -0.2) is 28.8 Å². The molecule has 0 atom stereocenters. The minimum absolute atomic E-state index is 0.104. The van der Waals surface area contributed by atoms with Gasteiger partial charge in [-0.1, -0.05) is 38.1 Å². The highest BCUT2D eigenvalue weighted by atomic mass is 32.2. The van der Waals surface area contributed by atoms with Gasteiger partial charge < -0.3 is 20.4 Å². The zero-order valence-corrected chi connectivity index (χ0v) is 26.9. The molecule has 224 valence electrons. The van der Waals surface area contributed by atoms with Crippen molar-refractivity contribution in [2.24, 2.45) is 0 Å². The lowest BCUT2D eigenvalue weighted by molar-refractivity contribution is 0.464. The number of hydrogen-bond acceptors (Lipinski definition) is 6. The average Bonchev–Trinajstić information content (AvgIpc) is 2.91. The van der Waals surface area contributed by atoms with Crippen LogP contribution >= 0.6 is 0 Å². The number of rotatable bonds is 4. The van der Waals surface area contributed by atoms with Gasteiger partial charge in [0.15, 0.2) is 0 Å². The fraction of sp³-hybridized carbons (Fsp3) is 0.314. The smallest absolute Gasteiger partial charge is 0.206 e. The van der Waals surface area contributed by atoms with Crippen LogP contribution in [0.25, 0.3) is 0 Å². The molecule has 4 aromatic carbocycles. The summed E-state index contributed by atoms with van der Waals surface area (Å²) in [5.41, 5.74) is 7.78. The van der Waals surface area contributed by atoms with E-state index in [1.54, 1.807) is 27.7 Å². The van der Waals surface area contributed by atoms with Crippen molar-refractivity contribution in [2.45, 2.75) is 84.4 Å². The van der Waals surface area contributed by atoms with Crippen LogP contribution in [0, 0.1) is 55.4 Å². The second kappa shape index (κ2) is 11.7. The molecule has 7 heteroatoms. The molecule has 4 N–H and O–H groups in total. The van der Waals surface area contributed by atoms with Gasteiger partial charge in [-0.15, -0.1) is 0 Å². The van der Waals surface area contributed by atoms with Gasteiger partial charge in [-0.25, -0.2) is 8.42 Å². The average molecular weight is 591 g/mol. The summed E-state index contributed by atoms with van der Waals surface area (Å²) in [6, 6.07) is 14.0. The first-order chi connectivity index (χ1) is 19.3. The predicted molar refractivity (Wildman–Crippen MR) is 168 cm³/mol. The van der Waals surface area contributed by atoms with Gasteiger partial charge >= 0.3 is 0 Å². The summed E-state index contributed by atoms with van der Waals surface area (Å²) in [5, 5.41) is 39.4. The van der Waals surface area contributed by atoms with E-state index in [0.29, 0.717) is 33.8 Å². The van der Waals surface area contributed by atoms with E-state index in [1.165, 1.54) is 35.4 Å². The summed E-state index contributed by atoms with van der Waals surface area (Å²) >= 11 is 0. The Morgan fingerprint density at radius 1 is 0.429 bits per heavy atom. The zero-order valence-electron chi connectivity index (χ0n) is 26.1. The molecule has 0 amide bonds. The third-order valence-electron chi connectivity index (χ3n) is 7.98. The van der Waals surface area contributed by atoms with Gasteiger partial charge in [0.1, 0.15) is 23.0 Å². The Balaban J connectivity index is 0.000000230. The topological polar surface area (TPSA) is 115 Å². The fourth-order valence-corrected chi connectivity index (χ4v) is 6.68. The lowest BCUT2D eigenvalue weighted by Gasteiger charge is -2.28. The molecule has 0 fully saturated rings. The molecule has 4 rings (SSSR count). The molecule has 0 aliphatic heterocycles. The third-order valence-corrected chi connectivity index (χ3v) is 9.69. The molecule has 0 unspecified atom stereocenters. The number of hydrogen-bond donors (Lipinski definition) is 4. The van der Waals surface area contributed by atoms with Crippen LogP contribution in [0.4, 0.5) is 0 Å². The number of aryl methyl sites for hydroxylation is 8. The summed E-state index contributed by atoms with van der Waals surface area (Å²) in [6.07, 6.45) is 0. The highest BCUT2D eigenvalue weighted by Gasteiger charge is 2.26. The number of phenols is 4. The molecule has 6 nitrogen and oxygen atoms in total.